The molecule has 0 aliphatic carbocycles. The number of hydrogen-bond acceptors (Lipinski definition) is 3. The van der Waals surface area contributed by atoms with Crippen LogP contribution < -0.4 is 4.74 Å². The molecule has 1 unspecified atom stereocenters. The summed E-state index contributed by atoms with van der Waals surface area (Å²) >= 11 is 0. The monoisotopic (exact) mass is 291 g/mol. The standard InChI is InChI=1S/C17H25NO3/c1-12-8-16(21-4)13(2)7-15(12)9-14-10-17(19)18(11-14)5-6-20-3/h7-8,14H,5-6,9-11H2,1-4H3. The van der Waals surface area contributed by atoms with Crippen LogP contribution in [-0.4, -0.2) is 44.7 Å². The lowest BCUT2D eigenvalue weighted by molar-refractivity contribution is -0.128. The van der Waals surface area contributed by atoms with Crippen molar-refractivity contribution in [3.8, 4) is 5.75 Å². The van der Waals surface area contributed by atoms with Crippen molar-refractivity contribution < 1.29 is 14.3 Å². The van der Waals surface area contributed by atoms with Crippen molar-refractivity contribution in [2.75, 3.05) is 33.9 Å². The molecule has 1 aromatic rings. The first-order valence-electron chi connectivity index (χ1n) is 7.46. The molecule has 1 aliphatic rings. The van der Waals surface area contributed by atoms with Gasteiger partial charge >= 0.3 is 0 Å². The van der Waals surface area contributed by atoms with Crippen molar-refractivity contribution in [2.24, 2.45) is 5.92 Å². The Kier molecular flexibility index (Phi) is 5.23. The molecule has 0 N–H and O–H groups in total. The summed E-state index contributed by atoms with van der Waals surface area (Å²) < 4.78 is 10.4. The SMILES string of the molecule is COCCN1CC(Cc2cc(C)c(OC)cc2C)CC1=O. The summed E-state index contributed by atoms with van der Waals surface area (Å²) in [5.74, 6) is 1.58. The zero-order valence-electron chi connectivity index (χ0n) is 13.4. The quantitative estimate of drug-likeness (QED) is 0.807. The highest BCUT2D eigenvalue weighted by atomic mass is 16.5. The molecule has 0 aromatic heterocycles. The predicted octanol–water partition coefficient (Wildman–Crippen LogP) is 2.35. The van der Waals surface area contributed by atoms with Crippen LogP contribution in [0.5, 0.6) is 5.75 Å². The number of likely N-dealkylation sites (tertiary alicyclic amines) is 1. The third-order valence-electron chi connectivity index (χ3n) is 4.22. The molecule has 4 nitrogen and oxygen atoms in total. The summed E-state index contributed by atoms with van der Waals surface area (Å²) in [5.41, 5.74) is 3.71. The van der Waals surface area contributed by atoms with E-state index >= 15 is 0 Å². The highest BCUT2D eigenvalue weighted by molar-refractivity contribution is 5.78. The van der Waals surface area contributed by atoms with Gasteiger partial charge in [0, 0.05) is 26.6 Å². The van der Waals surface area contributed by atoms with Crippen molar-refractivity contribution in [3.05, 3.63) is 28.8 Å². The Bertz CT molecular complexity index is 513. The van der Waals surface area contributed by atoms with Gasteiger partial charge in [0.05, 0.1) is 13.7 Å². The Morgan fingerprint density at radius 1 is 1.24 bits per heavy atom. The van der Waals surface area contributed by atoms with Crippen LogP contribution >= 0.6 is 0 Å². The summed E-state index contributed by atoms with van der Waals surface area (Å²) in [6.45, 7) is 6.32. The summed E-state index contributed by atoms with van der Waals surface area (Å²) in [6, 6.07) is 4.28. The van der Waals surface area contributed by atoms with E-state index in [0.29, 0.717) is 25.5 Å². The zero-order chi connectivity index (χ0) is 15.4. The van der Waals surface area contributed by atoms with Crippen LogP contribution in [0, 0.1) is 19.8 Å². The number of aryl methyl sites for hydroxylation is 2. The first-order valence-corrected chi connectivity index (χ1v) is 7.46. The summed E-state index contributed by atoms with van der Waals surface area (Å²) in [4.78, 5) is 13.9. The molecule has 116 valence electrons. The van der Waals surface area contributed by atoms with E-state index in [2.05, 4.69) is 26.0 Å². The van der Waals surface area contributed by atoms with Gasteiger partial charge in [0.1, 0.15) is 5.75 Å². The Morgan fingerprint density at radius 2 is 2.00 bits per heavy atom. The van der Waals surface area contributed by atoms with E-state index < -0.39 is 0 Å². The number of amides is 1. The van der Waals surface area contributed by atoms with Crippen LogP contribution in [0.1, 0.15) is 23.1 Å². The molecule has 1 aromatic carbocycles. The fourth-order valence-electron chi connectivity index (χ4n) is 3.01. The average molecular weight is 291 g/mol. The van der Waals surface area contributed by atoms with Crippen molar-refractivity contribution in [1.82, 2.24) is 4.90 Å². The number of ether oxygens (including phenoxy) is 2. The van der Waals surface area contributed by atoms with E-state index in [1.165, 1.54) is 11.1 Å². The van der Waals surface area contributed by atoms with E-state index in [0.717, 1.165) is 24.3 Å². The molecular weight excluding hydrogens is 266 g/mol. The molecule has 1 atom stereocenters. The van der Waals surface area contributed by atoms with Gasteiger partial charge in [-0.25, -0.2) is 0 Å². The van der Waals surface area contributed by atoms with Crippen LogP contribution in [0.2, 0.25) is 0 Å². The molecule has 2 rings (SSSR count). The van der Waals surface area contributed by atoms with Gasteiger partial charge in [-0.2, -0.15) is 0 Å². The number of rotatable bonds is 6. The summed E-state index contributed by atoms with van der Waals surface area (Å²) in [6.07, 6.45) is 1.60. The molecule has 1 amide bonds. The van der Waals surface area contributed by atoms with E-state index in [9.17, 15) is 4.79 Å². The lowest BCUT2D eigenvalue weighted by Crippen LogP contribution is -2.28. The normalized spacial score (nSPS) is 18.4. The predicted molar refractivity (Wildman–Crippen MR) is 82.7 cm³/mol. The summed E-state index contributed by atoms with van der Waals surface area (Å²) in [7, 11) is 3.37. The molecule has 1 saturated heterocycles. The van der Waals surface area contributed by atoms with Crippen molar-refractivity contribution in [1.29, 1.82) is 0 Å². The molecule has 1 fully saturated rings. The van der Waals surface area contributed by atoms with Gasteiger partial charge < -0.3 is 14.4 Å². The Labute approximate surface area is 127 Å². The van der Waals surface area contributed by atoms with Crippen molar-refractivity contribution >= 4 is 5.91 Å². The van der Waals surface area contributed by atoms with Crippen LogP contribution in [0.3, 0.4) is 0 Å². The van der Waals surface area contributed by atoms with Crippen LogP contribution in [0.15, 0.2) is 12.1 Å². The van der Waals surface area contributed by atoms with Gasteiger partial charge in [-0.15, -0.1) is 0 Å². The van der Waals surface area contributed by atoms with E-state index in [-0.39, 0.29) is 5.91 Å². The average Bonchev–Trinajstić information content (AvgIpc) is 2.80. The molecule has 0 saturated carbocycles. The number of hydrogen-bond donors (Lipinski definition) is 0. The number of benzene rings is 1. The van der Waals surface area contributed by atoms with Crippen LogP contribution in [0.4, 0.5) is 0 Å². The van der Waals surface area contributed by atoms with Crippen LogP contribution in [0.25, 0.3) is 0 Å². The molecule has 0 bridgehead atoms. The minimum absolute atomic E-state index is 0.250. The molecule has 4 heteroatoms. The summed E-state index contributed by atoms with van der Waals surface area (Å²) in [5, 5.41) is 0. The second kappa shape index (κ2) is 6.94. The fourth-order valence-corrected chi connectivity index (χ4v) is 3.01. The van der Waals surface area contributed by atoms with E-state index in [4.69, 9.17) is 9.47 Å². The maximum absolute atomic E-state index is 12.0. The smallest absolute Gasteiger partial charge is 0.223 e. The first-order chi connectivity index (χ1) is 10.0. The maximum atomic E-state index is 12.0. The van der Waals surface area contributed by atoms with Gasteiger partial charge in [-0.3, -0.25) is 4.79 Å². The number of methoxy groups -OCH3 is 2. The minimum Gasteiger partial charge on any atom is -0.496 e. The molecule has 0 radical (unpaired) electrons. The first kappa shape index (κ1) is 15.8. The molecule has 21 heavy (non-hydrogen) atoms. The third kappa shape index (κ3) is 3.76. The largest absolute Gasteiger partial charge is 0.496 e. The van der Waals surface area contributed by atoms with Crippen molar-refractivity contribution in [3.63, 3.8) is 0 Å². The Hall–Kier alpha value is -1.55. The minimum atomic E-state index is 0.250. The number of nitrogens with zero attached hydrogens (tertiary/aromatic N) is 1. The highest BCUT2D eigenvalue weighted by Crippen LogP contribution is 2.27. The third-order valence-corrected chi connectivity index (χ3v) is 4.22. The second-order valence-electron chi connectivity index (χ2n) is 5.86. The van der Waals surface area contributed by atoms with Gasteiger partial charge in [0.25, 0.3) is 0 Å². The maximum Gasteiger partial charge on any atom is 0.223 e. The molecule has 1 aliphatic heterocycles. The topological polar surface area (TPSA) is 38.8 Å². The second-order valence-corrected chi connectivity index (χ2v) is 5.86. The van der Waals surface area contributed by atoms with Gasteiger partial charge in [-0.1, -0.05) is 6.07 Å². The fraction of sp³-hybridized carbons (Fsp3) is 0.588. The highest BCUT2D eigenvalue weighted by Gasteiger charge is 2.29. The number of carbonyl (C=O) groups excluding carboxylic acids is 1. The van der Waals surface area contributed by atoms with Crippen molar-refractivity contribution in [2.45, 2.75) is 26.7 Å². The molecule has 1 heterocycles. The lowest BCUT2D eigenvalue weighted by Gasteiger charge is -2.17. The van der Waals surface area contributed by atoms with E-state index in [1.54, 1.807) is 14.2 Å². The van der Waals surface area contributed by atoms with Gasteiger partial charge in [-0.05, 0) is 48.9 Å². The van der Waals surface area contributed by atoms with Gasteiger partial charge in [0.2, 0.25) is 5.91 Å². The molecular formula is C17H25NO3. The zero-order valence-corrected chi connectivity index (χ0v) is 13.4. The lowest BCUT2D eigenvalue weighted by atomic mass is 9.94. The van der Waals surface area contributed by atoms with Crippen LogP contribution in [-0.2, 0) is 16.0 Å². The Morgan fingerprint density at radius 3 is 2.67 bits per heavy atom. The number of carbonyl (C=O) groups is 1. The van der Waals surface area contributed by atoms with E-state index in [1.807, 2.05) is 4.90 Å². The van der Waals surface area contributed by atoms with Gasteiger partial charge in [0.15, 0.2) is 0 Å². The Balaban J connectivity index is 2.03. The molecule has 0 spiro atoms.